The second-order valence-electron chi connectivity index (χ2n) is 3.40. The Labute approximate surface area is 106 Å². The normalized spacial score (nSPS) is 21.1. The molecule has 15 heavy (non-hydrogen) atoms. The standard InChI is InChI=1S/C10H8BrCl2NO/c11-6-3-10(15)14(5-6)7-1-2-8(12)9(13)4-7/h1-2,4,6H,3,5H2. The number of carbonyl (C=O) groups is 1. The van der Waals surface area contributed by atoms with Gasteiger partial charge in [-0.05, 0) is 18.2 Å². The molecule has 1 atom stereocenters. The van der Waals surface area contributed by atoms with Crippen molar-refractivity contribution in [3.8, 4) is 0 Å². The van der Waals surface area contributed by atoms with Crippen molar-refractivity contribution in [2.45, 2.75) is 11.2 Å². The van der Waals surface area contributed by atoms with Gasteiger partial charge in [-0.25, -0.2) is 0 Å². The molecule has 0 spiro atoms. The van der Waals surface area contributed by atoms with Gasteiger partial charge in [0.05, 0.1) is 10.0 Å². The fourth-order valence-electron chi connectivity index (χ4n) is 1.57. The monoisotopic (exact) mass is 307 g/mol. The van der Waals surface area contributed by atoms with E-state index in [0.717, 1.165) is 5.69 Å². The van der Waals surface area contributed by atoms with E-state index in [0.29, 0.717) is 23.0 Å². The van der Waals surface area contributed by atoms with Crippen molar-refractivity contribution in [2.75, 3.05) is 11.4 Å². The Bertz CT molecular complexity index is 410. The number of hydrogen-bond donors (Lipinski definition) is 0. The maximum atomic E-state index is 11.6. The molecule has 2 nitrogen and oxygen atoms in total. The van der Waals surface area contributed by atoms with Crippen LogP contribution in [0.25, 0.3) is 0 Å². The number of hydrogen-bond acceptors (Lipinski definition) is 1. The van der Waals surface area contributed by atoms with Gasteiger partial charge in [0.2, 0.25) is 5.91 Å². The minimum Gasteiger partial charge on any atom is -0.311 e. The number of amides is 1. The molecule has 1 amide bonds. The maximum Gasteiger partial charge on any atom is 0.228 e. The molecule has 1 heterocycles. The summed E-state index contributed by atoms with van der Waals surface area (Å²) in [4.78, 5) is 13.5. The fourth-order valence-corrected chi connectivity index (χ4v) is 2.43. The molecular weight excluding hydrogens is 301 g/mol. The third-order valence-corrected chi connectivity index (χ3v) is 3.65. The highest BCUT2D eigenvalue weighted by Crippen LogP contribution is 2.30. The summed E-state index contributed by atoms with van der Waals surface area (Å²) >= 11 is 15.1. The van der Waals surface area contributed by atoms with Crippen LogP contribution in [0.4, 0.5) is 5.69 Å². The Morgan fingerprint density at radius 1 is 1.33 bits per heavy atom. The first-order valence-corrected chi connectivity index (χ1v) is 6.14. The molecule has 5 heteroatoms. The predicted octanol–water partition coefficient (Wildman–Crippen LogP) is 3.49. The Kier molecular flexibility index (Phi) is 3.24. The van der Waals surface area contributed by atoms with Crippen molar-refractivity contribution >= 4 is 50.7 Å². The van der Waals surface area contributed by atoms with Crippen molar-refractivity contribution in [3.05, 3.63) is 28.2 Å². The molecule has 0 saturated carbocycles. The summed E-state index contributed by atoms with van der Waals surface area (Å²) in [5.74, 6) is 0.107. The van der Waals surface area contributed by atoms with Crippen LogP contribution in [0.2, 0.25) is 10.0 Å². The largest absolute Gasteiger partial charge is 0.311 e. The van der Waals surface area contributed by atoms with E-state index < -0.39 is 0 Å². The van der Waals surface area contributed by atoms with Gasteiger partial charge in [0, 0.05) is 23.5 Å². The average molecular weight is 309 g/mol. The van der Waals surface area contributed by atoms with Gasteiger partial charge in [-0.2, -0.15) is 0 Å². The first-order chi connectivity index (χ1) is 7.08. The number of rotatable bonds is 1. The molecule has 1 saturated heterocycles. The lowest BCUT2D eigenvalue weighted by atomic mass is 10.3. The first kappa shape index (κ1) is 11.2. The zero-order valence-electron chi connectivity index (χ0n) is 7.71. The van der Waals surface area contributed by atoms with E-state index in [1.54, 1.807) is 23.1 Å². The van der Waals surface area contributed by atoms with Crippen LogP contribution in [0.5, 0.6) is 0 Å². The highest BCUT2D eigenvalue weighted by molar-refractivity contribution is 9.09. The molecular formula is C10H8BrCl2NO. The van der Waals surface area contributed by atoms with Crippen LogP contribution in [0, 0.1) is 0 Å². The lowest BCUT2D eigenvalue weighted by molar-refractivity contribution is -0.117. The van der Waals surface area contributed by atoms with E-state index in [4.69, 9.17) is 23.2 Å². The first-order valence-electron chi connectivity index (χ1n) is 4.47. The quantitative estimate of drug-likeness (QED) is 0.727. The minimum atomic E-state index is 0.107. The van der Waals surface area contributed by atoms with Crippen molar-refractivity contribution in [1.29, 1.82) is 0 Å². The molecule has 0 N–H and O–H groups in total. The molecule has 80 valence electrons. The Balaban J connectivity index is 2.30. The third-order valence-electron chi connectivity index (χ3n) is 2.29. The lowest BCUT2D eigenvalue weighted by Crippen LogP contribution is -2.24. The van der Waals surface area contributed by atoms with Crippen LogP contribution < -0.4 is 4.90 Å². The molecule has 1 aromatic carbocycles. The highest BCUT2D eigenvalue weighted by Gasteiger charge is 2.28. The van der Waals surface area contributed by atoms with Crippen molar-refractivity contribution in [2.24, 2.45) is 0 Å². The Hall–Kier alpha value is -0.250. The van der Waals surface area contributed by atoms with Crippen molar-refractivity contribution < 1.29 is 4.79 Å². The van der Waals surface area contributed by atoms with E-state index in [-0.39, 0.29) is 10.7 Å². The van der Waals surface area contributed by atoms with Crippen LogP contribution in [-0.4, -0.2) is 17.3 Å². The van der Waals surface area contributed by atoms with Crippen LogP contribution in [0.1, 0.15) is 6.42 Å². The van der Waals surface area contributed by atoms with Gasteiger partial charge in [-0.1, -0.05) is 39.1 Å². The molecule has 1 unspecified atom stereocenters. The van der Waals surface area contributed by atoms with Crippen molar-refractivity contribution in [1.82, 2.24) is 0 Å². The Morgan fingerprint density at radius 3 is 2.60 bits per heavy atom. The summed E-state index contributed by atoms with van der Waals surface area (Å²) < 4.78 is 0. The average Bonchev–Trinajstić information content (AvgIpc) is 2.50. The topological polar surface area (TPSA) is 20.3 Å². The van der Waals surface area contributed by atoms with E-state index in [2.05, 4.69) is 15.9 Å². The summed E-state index contributed by atoms with van der Waals surface area (Å²) in [6.07, 6.45) is 0.528. The SMILES string of the molecule is O=C1CC(Br)CN1c1ccc(Cl)c(Cl)c1. The van der Waals surface area contributed by atoms with Crippen LogP contribution in [0.15, 0.2) is 18.2 Å². The summed E-state index contributed by atoms with van der Waals surface area (Å²) in [6.45, 7) is 0.677. The number of nitrogens with zero attached hydrogens (tertiary/aromatic N) is 1. The minimum absolute atomic E-state index is 0.107. The molecule has 0 aliphatic carbocycles. The fraction of sp³-hybridized carbons (Fsp3) is 0.300. The van der Waals surface area contributed by atoms with E-state index in [1.165, 1.54) is 0 Å². The van der Waals surface area contributed by atoms with Gasteiger partial charge in [0.25, 0.3) is 0 Å². The number of halogens is 3. The zero-order chi connectivity index (χ0) is 11.0. The van der Waals surface area contributed by atoms with Crippen LogP contribution >= 0.6 is 39.1 Å². The van der Waals surface area contributed by atoms with Gasteiger partial charge in [-0.3, -0.25) is 4.79 Å². The van der Waals surface area contributed by atoms with Crippen LogP contribution in [-0.2, 0) is 4.79 Å². The van der Waals surface area contributed by atoms with Gasteiger partial charge in [0.15, 0.2) is 0 Å². The number of anilines is 1. The lowest BCUT2D eigenvalue weighted by Gasteiger charge is -2.16. The molecule has 0 bridgehead atoms. The summed E-state index contributed by atoms with van der Waals surface area (Å²) in [5.41, 5.74) is 0.802. The predicted molar refractivity (Wildman–Crippen MR) is 66.1 cm³/mol. The smallest absolute Gasteiger partial charge is 0.228 e. The van der Waals surface area contributed by atoms with Gasteiger partial charge in [0.1, 0.15) is 0 Å². The van der Waals surface area contributed by atoms with E-state index >= 15 is 0 Å². The van der Waals surface area contributed by atoms with Crippen molar-refractivity contribution in [3.63, 3.8) is 0 Å². The van der Waals surface area contributed by atoms with E-state index in [9.17, 15) is 4.79 Å². The van der Waals surface area contributed by atoms with Gasteiger partial charge >= 0.3 is 0 Å². The second kappa shape index (κ2) is 4.32. The molecule has 0 aromatic heterocycles. The van der Waals surface area contributed by atoms with Gasteiger partial charge in [-0.15, -0.1) is 0 Å². The summed E-state index contributed by atoms with van der Waals surface area (Å²) in [6, 6.07) is 5.22. The second-order valence-corrected chi connectivity index (χ2v) is 5.51. The molecule has 2 rings (SSSR count). The van der Waals surface area contributed by atoms with Gasteiger partial charge < -0.3 is 4.90 Å². The Morgan fingerprint density at radius 2 is 2.07 bits per heavy atom. The molecule has 1 aliphatic rings. The molecule has 1 aliphatic heterocycles. The summed E-state index contributed by atoms with van der Waals surface area (Å²) in [7, 11) is 0. The number of benzene rings is 1. The van der Waals surface area contributed by atoms with E-state index in [1.807, 2.05) is 0 Å². The maximum absolute atomic E-state index is 11.6. The van der Waals surface area contributed by atoms with Crippen LogP contribution in [0.3, 0.4) is 0 Å². The third kappa shape index (κ3) is 2.30. The summed E-state index contributed by atoms with van der Waals surface area (Å²) in [5, 5.41) is 0.974. The number of carbonyl (C=O) groups excluding carboxylic acids is 1. The number of alkyl halides is 1. The molecule has 1 fully saturated rings. The highest BCUT2D eigenvalue weighted by atomic mass is 79.9. The molecule has 1 aromatic rings. The zero-order valence-corrected chi connectivity index (χ0v) is 10.8. The molecule has 0 radical (unpaired) electrons.